The Hall–Kier alpha value is -0.640. The van der Waals surface area contributed by atoms with Gasteiger partial charge in [-0.15, -0.1) is 0 Å². The number of aliphatic hydroxyl groups excluding tert-OH is 1. The molecule has 1 fully saturated rings. The molecule has 0 amide bonds. The summed E-state index contributed by atoms with van der Waals surface area (Å²) in [6, 6.07) is 4.76. The molecule has 0 spiro atoms. The Morgan fingerprint density at radius 1 is 1.44 bits per heavy atom. The molecule has 0 aliphatic heterocycles. The molecule has 0 radical (unpaired) electrons. The van der Waals surface area contributed by atoms with E-state index in [1.165, 1.54) is 5.56 Å². The van der Waals surface area contributed by atoms with Gasteiger partial charge in [-0.05, 0) is 56.2 Å². The predicted molar refractivity (Wildman–Crippen MR) is 73.6 cm³/mol. The fourth-order valence-corrected chi connectivity index (χ4v) is 2.83. The van der Waals surface area contributed by atoms with Crippen LogP contribution in [0.15, 0.2) is 18.3 Å². The fourth-order valence-electron chi connectivity index (χ4n) is 2.65. The third kappa shape index (κ3) is 3.67. The van der Waals surface area contributed by atoms with E-state index in [1.807, 2.05) is 12.1 Å². The zero-order chi connectivity index (χ0) is 13.0. The zero-order valence-electron chi connectivity index (χ0n) is 10.8. The Bertz CT molecular complexity index is 378. The van der Waals surface area contributed by atoms with E-state index in [0.29, 0.717) is 29.8 Å². The lowest BCUT2D eigenvalue weighted by Crippen LogP contribution is -2.35. The van der Waals surface area contributed by atoms with E-state index in [1.54, 1.807) is 6.20 Å². The summed E-state index contributed by atoms with van der Waals surface area (Å²) in [7, 11) is 0. The maximum atomic E-state index is 9.13. The Morgan fingerprint density at radius 2 is 2.17 bits per heavy atom. The highest BCUT2D eigenvalue weighted by Crippen LogP contribution is 2.26. The van der Waals surface area contributed by atoms with Gasteiger partial charge in [-0.2, -0.15) is 0 Å². The largest absolute Gasteiger partial charge is 0.396 e. The van der Waals surface area contributed by atoms with Gasteiger partial charge in [-0.3, -0.25) is 0 Å². The van der Waals surface area contributed by atoms with Crippen molar-refractivity contribution in [2.24, 2.45) is 5.92 Å². The number of nitrogens with zero attached hydrogens (tertiary/aromatic N) is 1. The summed E-state index contributed by atoms with van der Waals surface area (Å²) in [6.45, 7) is 2.49. The topological polar surface area (TPSA) is 45.1 Å². The van der Waals surface area contributed by atoms with E-state index in [-0.39, 0.29) is 0 Å². The Kier molecular flexibility index (Phi) is 4.98. The summed E-state index contributed by atoms with van der Waals surface area (Å²) in [5.74, 6) is 0.508. The maximum absolute atomic E-state index is 9.13. The minimum Gasteiger partial charge on any atom is -0.396 e. The molecule has 3 nitrogen and oxygen atoms in total. The summed E-state index contributed by atoms with van der Waals surface area (Å²) in [4.78, 5) is 4.00. The summed E-state index contributed by atoms with van der Waals surface area (Å²) < 4.78 is 0. The molecular formula is C14H21ClN2O. The minimum atomic E-state index is 0.293. The molecule has 1 aromatic rings. The van der Waals surface area contributed by atoms with E-state index in [4.69, 9.17) is 16.7 Å². The monoisotopic (exact) mass is 268 g/mol. The van der Waals surface area contributed by atoms with Crippen molar-refractivity contribution in [1.82, 2.24) is 10.3 Å². The van der Waals surface area contributed by atoms with Crippen LogP contribution in [0.2, 0.25) is 5.15 Å². The number of hydrogen-bond donors (Lipinski definition) is 2. The van der Waals surface area contributed by atoms with E-state index in [2.05, 4.69) is 17.2 Å². The fraction of sp³-hybridized carbons (Fsp3) is 0.643. The lowest BCUT2D eigenvalue weighted by molar-refractivity contribution is 0.172. The third-order valence-corrected chi connectivity index (χ3v) is 4.05. The zero-order valence-corrected chi connectivity index (χ0v) is 11.5. The predicted octanol–water partition coefficient (Wildman–Crippen LogP) is 2.94. The SMILES string of the molecule is CC(NC1CCC(CO)CC1)c1ccnc(Cl)c1. The normalized spacial score (nSPS) is 25.9. The molecule has 0 aromatic carbocycles. The van der Waals surface area contributed by atoms with Gasteiger partial charge in [0.2, 0.25) is 0 Å². The second-order valence-electron chi connectivity index (χ2n) is 5.20. The summed E-state index contributed by atoms with van der Waals surface area (Å²) in [5, 5.41) is 13.3. The molecule has 1 heterocycles. The van der Waals surface area contributed by atoms with Crippen LogP contribution in [0.3, 0.4) is 0 Å². The molecular weight excluding hydrogens is 248 g/mol. The van der Waals surface area contributed by atoms with E-state index in [0.717, 1.165) is 25.7 Å². The van der Waals surface area contributed by atoms with Crippen LogP contribution < -0.4 is 5.32 Å². The summed E-state index contributed by atoms with van der Waals surface area (Å²) >= 11 is 5.90. The summed E-state index contributed by atoms with van der Waals surface area (Å²) in [5.41, 5.74) is 1.18. The number of pyridine rings is 1. The molecule has 1 aromatic heterocycles. The highest BCUT2D eigenvalue weighted by atomic mass is 35.5. The average Bonchev–Trinajstić information content (AvgIpc) is 2.39. The van der Waals surface area contributed by atoms with Crippen LogP contribution in [0.1, 0.15) is 44.2 Å². The van der Waals surface area contributed by atoms with Crippen molar-refractivity contribution >= 4 is 11.6 Å². The smallest absolute Gasteiger partial charge is 0.129 e. The number of halogens is 1. The van der Waals surface area contributed by atoms with Crippen molar-refractivity contribution in [3.63, 3.8) is 0 Å². The Labute approximate surface area is 114 Å². The molecule has 2 N–H and O–H groups in total. The molecule has 2 rings (SSSR count). The van der Waals surface area contributed by atoms with Gasteiger partial charge in [0.25, 0.3) is 0 Å². The molecule has 1 aliphatic rings. The average molecular weight is 269 g/mol. The van der Waals surface area contributed by atoms with Crippen LogP contribution in [0.4, 0.5) is 0 Å². The van der Waals surface area contributed by atoms with Crippen LogP contribution in [0, 0.1) is 5.92 Å². The molecule has 1 aliphatic carbocycles. The number of aliphatic hydroxyl groups is 1. The number of nitrogens with one attached hydrogen (secondary N) is 1. The van der Waals surface area contributed by atoms with Crippen molar-refractivity contribution in [3.8, 4) is 0 Å². The minimum absolute atomic E-state index is 0.293. The van der Waals surface area contributed by atoms with Crippen LogP contribution in [-0.2, 0) is 0 Å². The third-order valence-electron chi connectivity index (χ3n) is 3.84. The van der Waals surface area contributed by atoms with Crippen LogP contribution in [0.25, 0.3) is 0 Å². The van der Waals surface area contributed by atoms with Crippen molar-refractivity contribution in [2.75, 3.05) is 6.61 Å². The highest BCUT2D eigenvalue weighted by Gasteiger charge is 2.21. The molecule has 4 heteroatoms. The molecule has 0 saturated heterocycles. The van der Waals surface area contributed by atoms with Crippen LogP contribution >= 0.6 is 11.6 Å². The quantitative estimate of drug-likeness (QED) is 0.826. The lowest BCUT2D eigenvalue weighted by Gasteiger charge is -2.30. The Morgan fingerprint density at radius 3 is 2.78 bits per heavy atom. The first kappa shape index (κ1) is 13.8. The van der Waals surface area contributed by atoms with Crippen LogP contribution in [0.5, 0.6) is 0 Å². The van der Waals surface area contributed by atoms with Gasteiger partial charge < -0.3 is 10.4 Å². The van der Waals surface area contributed by atoms with Crippen molar-refractivity contribution in [2.45, 2.75) is 44.7 Å². The van der Waals surface area contributed by atoms with E-state index < -0.39 is 0 Å². The van der Waals surface area contributed by atoms with Gasteiger partial charge in [-0.25, -0.2) is 4.98 Å². The standard InChI is InChI=1S/C14H21ClN2O/c1-10(12-6-7-16-14(15)8-12)17-13-4-2-11(9-18)3-5-13/h6-8,10-11,13,17-18H,2-5,9H2,1H3. The van der Waals surface area contributed by atoms with E-state index in [9.17, 15) is 0 Å². The number of rotatable bonds is 4. The first-order valence-corrected chi connectivity index (χ1v) is 7.05. The molecule has 100 valence electrons. The van der Waals surface area contributed by atoms with Gasteiger partial charge in [0.05, 0.1) is 0 Å². The maximum Gasteiger partial charge on any atom is 0.129 e. The van der Waals surface area contributed by atoms with Gasteiger partial charge in [0.15, 0.2) is 0 Å². The van der Waals surface area contributed by atoms with Gasteiger partial charge in [-0.1, -0.05) is 11.6 Å². The molecule has 0 bridgehead atoms. The second-order valence-corrected chi connectivity index (χ2v) is 5.59. The number of hydrogen-bond acceptors (Lipinski definition) is 3. The molecule has 1 saturated carbocycles. The summed E-state index contributed by atoms with van der Waals surface area (Å²) in [6.07, 6.45) is 6.29. The van der Waals surface area contributed by atoms with Crippen molar-refractivity contribution in [3.05, 3.63) is 29.0 Å². The molecule has 18 heavy (non-hydrogen) atoms. The number of aromatic nitrogens is 1. The second kappa shape index (κ2) is 6.50. The van der Waals surface area contributed by atoms with Crippen LogP contribution in [-0.4, -0.2) is 22.7 Å². The first-order valence-electron chi connectivity index (χ1n) is 6.67. The van der Waals surface area contributed by atoms with Gasteiger partial charge >= 0.3 is 0 Å². The van der Waals surface area contributed by atoms with Crippen molar-refractivity contribution < 1.29 is 5.11 Å². The lowest BCUT2D eigenvalue weighted by atomic mass is 9.86. The van der Waals surface area contributed by atoms with Gasteiger partial charge in [0, 0.05) is 24.9 Å². The first-order chi connectivity index (χ1) is 8.69. The molecule has 1 unspecified atom stereocenters. The molecule has 1 atom stereocenters. The highest BCUT2D eigenvalue weighted by molar-refractivity contribution is 6.29. The van der Waals surface area contributed by atoms with Crippen molar-refractivity contribution in [1.29, 1.82) is 0 Å². The van der Waals surface area contributed by atoms with E-state index >= 15 is 0 Å². The Balaban J connectivity index is 1.86. The van der Waals surface area contributed by atoms with Gasteiger partial charge in [0.1, 0.15) is 5.15 Å².